The van der Waals surface area contributed by atoms with Gasteiger partial charge in [-0.05, 0) is 55.4 Å². The van der Waals surface area contributed by atoms with Gasteiger partial charge in [-0.1, -0.05) is 20.3 Å². The minimum atomic E-state index is -0.738. The van der Waals surface area contributed by atoms with E-state index in [2.05, 4.69) is 17.6 Å². The van der Waals surface area contributed by atoms with Crippen molar-refractivity contribution >= 4 is 17.6 Å². The van der Waals surface area contributed by atoms with E-state index < -0.39 is 12.1 Å². The molecule has 1 heterocycles. The number of ketones is 1. The molecule has 2 amide bonds. The van der Waals surface area contributed by atoms with Gasteiger partial charge in [0.1, 0.15) is 24.4 Å². The molecule has 1 saturated carbocycles. The number of carbonyl (C=O) groups excluding carboxylic acids is 3. The normalized spacial score (nSPS) is 24.3. The minimum absolute atomic E-state index is 0.00455. The van der Waals surface area contributed by atoms with Crippen LogP contribution >= 0.6 is 0 Å². The number of Topliss-reactive ketones (excluding diaryl/α,β-unsaturated/α-hetero) is 1. The highest BCUT2D eigenvalue weighted by atomic mass is 16.5. The molecule has 3 N–H and O–H groups in total. The number of phenolic OH excluding ortho intramolecular Hbond substituents is 1. The van der Waals surface area contributed by atoms with Crippen LogP contribution in [0, 0.1) is 5.41 Å². The Morgan fingerprint density at radius 2 is 1.96 bits per heavy atom. The highest BCUT2D eigenvalue weighted by Crippen LogP contribution is 2.44. The maximum atomic E-state index is 13.0. The molecule has 152 valence electrons. The van der Waals surface area contributed by atoms with E-state index in [1.54, 1.807) is 0 Å². The lowest BCUT2D eigenvalue weighted by Gasteiger charge is -2.41. The Labute approximate surface area is 164 Å². The van der Waals surface area contributed by atoms with Gasteiger partial charge < -0.3 is 20.5 Å². The lowest BCUT2D eigenvalue weighted by Crippen LogP contribution is -2.55. The number of hydrogen-bond acceptors (Lipinski definition) is 5. The first-order chi connectivity index (χ1) is 13.3. The molecular weight excluding hydrogens is 360 g/mol. The average molecular weight is 388 g/mol. The van der Waals surface area contributed by atoms with Gasteiger partial charge in [0.2, 0.25) is 5.91 Å². The lowest BCUT2D eigenvalue weighted by molar-refractivity contribution is -0.128. The molecule has 0 radical (unpaired) electrons. The van der Waals surface area contributed by atoms with E-state index in [9.17, 15) is 19.5 Å². The van der Waals surface area contributed by atoms with Crippen molar-refractivity contribution in [3.05, 3.63) is 29.8 Å². The summed E-state index contributed by atoms with van der Waals surface area (Å²) < 4.78 is 5.43. The fourth-order valence-corrected chi connectivity index (χ4v) is 3.90. The summed E-state index contributed by atoms with van der Waals surface area (Å²) in [7, 11) is 0. The first-order valence-electron chi connectivity index (χ1n) is 9.86. The molecule has 2 fully saturated rings. The fraction of sp³-hybridized carbons (Fsp3) is 0.571. The monoisotopic (exact) mass is 388 g/mol. The van der Waals surface area contributed by atoms with Crippen LogP contribution in [0.15, 0.2) is 24.3 Å². The summed E-state index contributed by atoms with van der Waals surface area (Å²) in [6.07, 6.45) is 3.94. The highest BCUT2D eigenvalue weighted by Gasteiger charge is 2.40. The molecule has 28 heavy (non-hydrogen) atoms. The second-order valence-electron chi connectivity index (χ2n) is 8.15. The average Bonchev–Trinajstić information content (AvgIpc) is 3.00. The minimum Gasteiger partial charge on any atom is -0.508 e. The molecule has 3 rings (SSSR count). The van der Waals surface area contributed by atoms with Gasteiger partial charge in [-0.3, -0.25) is 14.4 Å². The predicted molar refractivity (Wildman–Crippen MR) is 103 cm³/mol. The first kappa shape index (κ1) is 20.3. The van der Waals surface area contributed by atoms with E-state index in [-0.39, 0.29) is 41.5 Å². The van der Waals surface area contributed by atoms with Crippen LogP contribution in [0.4, 0.5) is 0 Å². The van der Waals surface area contributed by atoms with Crippen molar-refractivity contribution in [2.24, 2.45) is 5.41 Å². The molecule has 2 aliphatic rings. The second kappa shape index (κ2) is 8.31. The molecule has 0 spiro atoms. The molecule has 1 aromatic carbocycles. The maximum absolute atomic E-state index is 13.0. The van der Waals surface area contributed by atoms with Gasteiger partial charge in [-0.25, -0.2) is 0 Å². The number of hydrogen-bond donors (Lipinski definition) is 3. The molecule has 1 saturated heterocycles. The van der Waals surface area contributed by atoms with Crippen molar-refractivity contribution < 1.29 is 24.2 Å². The Morgan fingerprint density at radius 3 is 2.54 bits per heavy atom. The SMILES string of the molecule is CC[C@@H]1OCC(=O)[C@H]1NC(=O)[C@H](CC1(C)CCC1)NC(=O)c1ccc(O)cc1. The number of ether oxygens (including phenoxy) is 1. The van der Waals surface area contributed by atoms with E-state index in [1.165, 1.54) is 24.3 Å². The van der Waals surface area contributed by atoms with Crippen LogP contribution in [-0.4, -0.2) is 47.5 Å². The Kier molecular flexibility index (Phi) is 6.03. The zero-order valence-corrected chi connectivity index (χ0v) is 16.4. The maximum Gasteiger partial charge on any atom is 0.251 e. The Balaban J connectivity index is 1.72. The molecule has 7 nitrogen and oxygen atoms in total. The molecule has 0 bridgehead atoms. The van der Waals surface area contributed by atoms with Crippen molar-refractivity contribution in [1.82, 2.24) is 10.6 Å². The van der Waals surface area contributed by atoms with Crippen LogP contribution in [0.1, 0.15) is 56.3 Å². The molecule has 0 aromatic heterocycles. The number of rotatable bonds is 7. The number of amides is 2. The zero-order valence-electron chi connectivity index (χ0n) is 16.4. The third kappa shape index (κ3) is 4.52. The van der Waals surface area contributed by atoms with E-state index in [0.29, 0.717) is 18.4 Å². The van der Waals surface area contributed by atoms with E-state index in [4.69, 9.17) is 4.74 Å². The molecular formula is C21H28N2O5. The van der Waals surface area contributed by atoms with Crippen LogP contribution in [0.25, 0.3) is 0 Å². The molecule has 1 aromatic rings. The molecule has 1 aliphatic carbocycles. The summed E-state index contributed by atoms with van der Waals surface area (Å²) in [5.41, 5.74) is 0.367. The van der Waals surface area contributed by atoms with Crippen molar-refractivity contribution in [3.63, 3.8) is 0 Å². The van der Waals surface area contributed by atoms with Crippen LogP contribution in [0.2, 0.25) is 0 Å². The van der Waals surface area contributed by atoms with Gasteiger partial charge >= 0.3 is 0 Å². The summed E-state index contributed by atoms with van der Waals surface area (Å²) in [6.45, 7) is 4.02. The van der Waals surface area contributed by atoms with Gasteiger partial charge in [0.05, 0.1) is 6.10 Å². The topological polar surface area (TPSA) is 105 Å². The summed E-state index contributed by atoms with van der Waals surface area (Å²) in [5.74, 6) is -0.816. The van der Waals surface area contributed by atoms with E-state index in [0.717, 1.165) is 19.3 Å². The van der Waals surface area contributed by atoms with Crippen molar-refractivity contribution in [2.75, 3.05) is 6.61 Å². The Morgan fingerprint density at radius 1 is 1.29 bits per heavy atom. The van der Waals surface area contributed by atoms with Crippen LogP contribution < -0.4 is 10.6 Å². The van der Waals surface area contributed by atoms with Gasteiger partial charge in [0.25, 0.3) is 5.91 Å². The molecule has 7 heteroatoms. The van der Waals surface area contributed by atoms with E-state index >= 15 is 0 Å². The van der Waals surface area contributed by atoms with Crippen LogP contribution in [-0.2, 0) is 14.3 Å². The number of aromatic hydroxyl groups is 1. The molecule has 3 atom stereocenters. The first-order valence-corrected chi connectivity index (χ1v) is 9.86. The second-order valence-corrected chi connectivity index (χ2v) is 8.15. The number of benzene rings is 1. The standard InChI is InChI=1S/C21H28N2O5/c1-3-17-18(16(25)12-28-17)23-20(27)15(11-21(2)9-4-10-21)22-19(26)13-5-7-14(24)8-6-13/h5-8,15,17-18,24H,3-4,9-12H2,1-2H3,(H,22,26)(H,23,27)/t15-,17-,18+/m0/s1. The third-order valence-electron chi connectivity index (χ3n) is 5.87. The summed E-state index contributed by atoms with van der Waals surface area (Å²) in [5, 5.41) is 15.0. The van der Waals surface area contributed by atoms with E-state index in [1.807, 2.05) is 6.92 Å². The fourth-order valence-electron chi connectivity index (χ4n) is 3.90. The van der Waals surface area contributed by atoms with Crippen LogP contribution in [0.3, 0.4) is 0 Å². The zero-order chi connectivity index (χ0) is 20.3. The largest absolute Gasteiger partial charge is 0.508 e. The smallest absolute Gasteiger partial charge is 0.251 e. The van der Waals surface area contributed by atoms with Crippen molar-refractivity contribution in [1.29, 1.82) is 0 Å². The van der Waals surface area contributed by atoms with Gasteiger partial charge in [0.15, 0.2) is 5.78 Å². The van der Waals surface area contributed by atoms with Gasteiger partial charge in [0, 0.05) is 5.56 Å². The number of phenols is 1. The summed E-state index contributed by atoms with van der Waals surface area (Å²) in [4.78, 5) is 37.7. The van der Waals surface area contributed by atoms with Crippen molar-refractivity contribution in [2.45, 2.75) is 64.1 Å². The Hall–Kier alpha value is -2.41. The lowest BCUT2D eigenvalue weighted by atomic mass is 9.67. The third-order valence-corrected chi connectivity index (χ3v) is 5.87. The predicted octanol–water partition coefficient (Wildman–Crippen LogP) is 1.93. The highest BCUT2D eigenvalue weighted by molar-refractivity contribution is 5.99. The number of nitrogens with one attached hydrogen (secondary N) is 2. The van der Waals surface area contributed by atoms with Gasteiger partial charge in [-0.15, -0.1) is 0 Å². The number of carbonyl (C=O) groups is 3. The quantitative estimate of drug-likeness (QED) is 0.662. The van der Waals surface area contributed by atoms with Crippen molar-refractivity contribution in [3.8, 4) is 5.75 Å². The van der Waals surface area contributed by atoms with Crippen LogP contribution in [0.5, 0.6) is 5.75 Å². The molecule has 0 unspecified atom stereocenters. The molecule has 1 aliphatic heterocycles. The Bertz CT molecular complexity index is 742. The van der Waals surface area contributed by atoms with Gasteiger partial charge in [-0.2, -0.15) is 0 Å². The summed E-state index contributed by atoms with van der Waals surface area (Å²) in [6, 6.07) is 4.46. The summed E-state index contributed by atoms with van der Waals surface area (Å²) >= 11 is 0.